The Hall–Kier alpha value is -1.83. The largest absolute Gasteiger partial charge is 0.491 e. The Labute approximate surface area is 431 Å². The van der Waals surface area contributed by atoms with Crippen molar-refractivity contribution in [2.45, 2.75) is 321 Å². The molecule has 0 radical (unpaired) electrons. The van der Waals surface area contributed by atoms with Gasteiger partial charge in [-0.1, -0.05) is 154 Å². The Kier molecular flexibility index (Phi) is 10.8. The van der Waals surface area contributed by atoms with E-state index in [1.807, 2.05) is 0 Å². The second-order valence-electron chi connectivity index (χ2n) is 28.7. The van der Waals surface area contributed by atoms with Crippen LogP contribution in [0, 0.1) is 0 Å². The van der Waals surface area contributed by atoms with E-state index in [4.69, 9.17) is 4.74 Å². The second-order valence-corrected chi connectivity index (χ2v) is 28.7. The Bertz CT molecular complexity index is 2350. The first-order valence-corrected chi connectivity index (χ1v) is 31.6. The van der Waals surface area contributed by atoms with Crippen molar-refractivity contribution < 1.29 is 4.74 Å². The van der Waals surface area contributed by atoms with E-state index in [-0.39, 0.29) is 6.10 Å². The van der Waals surface area contributed by atoms with Crippen molar-refractivity contribution in [2.24, 2.45) is 0 Å². The topological polar surface area (TPSA) is 25.4 Å². The third-order valence-corrected chi connectivity index (χ3v) is 25.2. The van der Waals surface area contributed by atoms with Crippen LogP contribution in [-0.2, 0) is 0 Å². The van der Waals surface area contributed by atoms with Crippen molar-refractivity contribution in [1.82, 2.24) is 24.5 Å². The number of fused-ring (bicyclic) bond motifs is 20. The van der Waals surface area contributed by atoms with Crippen LogP contribution in [0.5, 0.6) is 5.75 Å². The van der Waals surface area contributed by atoms with Gasteiger partial charge >= 0.3 is 0 Å². The van der Waals surface area contributed by atoms with E-state index in [2.05, 4.69) is 102 Å². The second kappa shape index (κ2) is 16.8. The molecule has 7 saturated carbocycles. The summed E-state index contributed by atoms with van der Waals surface area (Å²) in [5.41, 5.74) is 8.03. The van der Waals surface area contributed by atoms with E-state index >= 15 is 0 Å². The summed E-state index contributed by atoms with van der Waals surface area (Å²) >= 11 is 0. The molecule has 0 aromatic heterocycles. The third-order valence-electron chi connectivity index (χ3n) is 25.2. The Balaban J connectivity index is 0.914. The average Bonchev–Trinajstić information content (AvgIpc) is 3.41. The molecule has 7 aliphatic carbocycles. The molecule has 71 heavy (non-hydrogen) atoms. The summed E-state index contributed by atoms with van der Waals surface area (Å²) in [6.07, 6.45) is 32.4. The van der Waals surface area contributed by atoms with Crippen molar-refractivity contribution in [1.29, 1.82) is 0 Å². The number of ether oxygens (including phenoxy) is 1. The summed E-state index contributed by atoms with van der Waals surface area (Å²) in [6.45, 7) is 16.1. The van der Waals surface area contributed by atoms with Crippen LogP contribution in [-0.4, -0.2) is 135 Å². The van der Waals surface area contributed by atoms with E-state index in [1.165, 1.54) is 158 Å². The molecule has 20 unspecified atom stereocenters. The number of para-hydroxylation sites is 1. The van der Waals surface area contributed by atoms with Crippen LogP contribution < -0.4 is 15.7 Å². The fourth-order valence-electron chi connectivity index (χ4n) is 23.4. The molecule has 0 N–H and O–H groups in total. The molecule has 2 aromatic rings. The van der Waals surface area contributed by atoms with Crippen LogP contribution in [0.4, 0.5) is 0 Å². The van der Waals surface area contributed by atoms with Crippen molar-refractivity contribution in [3.05, 3.63) is 53.1 Å². The maximum absolute atomic E-state index is 7.72. The van der Waals surface area contributed by atoms with Crippen LogP contribution in [0.25, 0.3) is 0 Å². The van der Waals surface area contributed by atoms with Gasteiger partial charge in [-0.3, -0.25) is 24.5 Å². The van der Waals surface area contributed by atoms with Crippen LogP contribution in [0.3, 0.4) is 0 Å². The molecule has 2 aromatic carbocycles. The van der Waals surface area contributed by atoms with E-state index in [0.29, 0.717) is 54.5 Å². The van der Waals surface area contributed by atoms with Gasteiger partial charge in [0, 0.05) is 90.6 Å². The van der Waals surface area contributed by atoms with E-state index < -0.39 is 0 Å². The number of hydrogen-bond acceptors (Lipinski definition) is 6. The lowest BCUT2D eigenvalue weighted by Gasteiger charge is -2.83. The maximum atomic E-state index is 7.72. The monoisotopic (exact) mass is 956 g/mol. The zero-order valence-corrected chi connectivity index (χ0v) is 45.1. The predicted octanol–water partition coefficient (Wildman–Crippen LogP) is 11.2. The quantitative estimate of drug-likeness (QED) is 0.224. The summed E-state index contributed by atoms with van der Waals surface area (Å²) in [4.78, 5) is 17.7. The Morgan fingerprint density at radius 1 is 0.437 bits per heavy atom. The van der Waals surface area contributed by atoms with Gasteiger partial charge in [-0.05, 0) is 133 Å². The molecule has 0 amide bonds. The van der Waals surface area contributed by atoms with Gasteiger partial charge in [0.05, 0.1) is 6.10 Å². The molecule has 0 bridgehead atoms. The van der Waals surface area contributed by atoms with Gasteiger partial charge in [0.15, 0.2) is 6.71 Å². The molecule has 6 saturated heterocycles. The highest BCUT2D eigenvalue weighted by Crippen LogP contribution is 2.69. The van der Waals surface area contributed by atoms with Crippen molar-refractivity contribution in [3.63, 3.8) is 0 Å². The minimum Gasteiger partial charge on any atom is -0.491 e. The van der Waals surface area contributed by atoms with Gasteiger partial charge in [0.2, 0.25) is 6.71 Å². The van der Waals surface area contributed by atoms with Crippen LogP contribution in [0.1, 0.15) is 217 Å². The fraction of sp³-hybridized carbons (Fsp3) is 0.810. The lowest BCUT2D eigenvalue weighted by molar-refractivity contribution is -0.287. The predicted molar refractivity (Wildman–Crippen MR) is 293 cm³/mol. The van der Waals surface area contributed by atoms with Gasteiger partial charge in [-0.15, -0.1) is 0 Å². The molecule has 6 nitrogen and oxygen atoms in total. The number of rotatable bonds is 4. The summed E-state index contributed by atoms with van der Waals surface area (Å²) in [6, 6.07) is 26.2. The molecule has 13 fully saturated rings. The molecule has 7 aliphatic heterocycles. The molecule has 0 spiro atoms. The Morgan fingerprint density at radius 3 is 1.34 bits per heavy atom. The molecule has 16 rings (SSSR count). The van der Waals surface area contributed by atoms with Crippen LogP contribution >= 0.6 is 0 Å². The number of nitrogens with zero attached hydrogens (tertiary/aromatic N) is 5. The fourth-order valence-corrected chi connectivity index (χ4v) is 23.4. The van der Waals surface area contributed by atoms with E-state index in [9.17, 15) is 0 Å². The molecule has 7 heterocycles. The highest BCUT2D eigenvalue weighted by molar-refractivity contribution is 6.88. The van der Waals surface area contributed by atoms with Crippen LogP contribution in [0.15, 0.2) is 36.4 Å². The first-order chi connectivity index (χ1) is 34.8. The SMILES string of the molecule is CC(C)c1cc(C(C)C)c(B2c3ccccc3OC3CC4C(CC23)B2C3CCCCC3N3C5CCCCC5N5C6CCCCC6N6C7CCCCC7N7C8CCCCC8N4C4C2C3C5C6C47)c(C(C)C)c1. The molecular weight excluding hydrogens is 864 g/mol. The smallest absolute Gasteiger partial charge is 0.221 e. The first-order valence-electron chi connectivity index (χ1n) is 31.6. The third kappa shape index (κ3) is 6.16. The summed E-state index contributed by atoms with van der Waals surface area (Å²) in [5, 5.41) is 0. The zero-order valence-electron chi connectivity index (χ0n) is 45.1. The van der Waals surface area contributed by atoms with E-state index in [0.717, 1.165) is 90.6 Å². The minimum atomic E-state index is 0.271. The van der Waals surface area contributed by atoms with Gasteiger partial charge in [-0.2, -0.15) is 0 Å². The summed E-state index contributed by atoms with van der Waals surface area (Å²) < 4.78 is 7.72. The van der Waals surface area contributed by atoms with Gasteiger partial charge in [0.1, 0.15) is 5.75 Å². The first kappa shape index (κ1) is 45.4. The molecular formula is C63H91B2N5O. The number of benzene rings is 2. The molecule has 380 valence electrons. The van der Waals surface area contributed by atoms with Crippen molar-refractivity contribution in [2.75, 3.05) is 0 Å². The van der Waals surface area contributed by atoms with Crippen molar-refractivity contribution >= 4 is 24.4 Å². The van der Waals surface area contributed by atoms with Crippen molar-refractivity contribution in [3.8, 4) is 5.75 Å². The molecule has 20 atom stereocenters. The molecule has 8 heteroatoms. The highest BCUT2D eigenvalue weighted by atomic mass is 16.5. The standard InChI is InChI=1S/C63H91B2N5O/c1-35(2)38-31-39(36(3)4)57(40(32-38)37(5)6)65-42-20-8-18-30-55(42)71-56-34-54-43(33-44(56)65)64-41-19-7-9-21-45(41)66-46-22-10-11-23-47(46)67-48-24-12-14-26-50(48)69-51-27-15-13-25-49(51)68-52-28-16-17-29-53(52)70(54)60-58(64)59(66)61(67)63(69)62(60)68/h8,18,20,30-32,35-37,41,43-54,56,58-63H,7,9-17,19,21-29,33-34H2,1-6H3. The zero-order chi connectivity index (χ0) is 47.3. The lowest BCUT2D eigenvalue weighted by Crippen LogP contribution is -2.96. The summed E-state index contributed by atoms with van der Waals surface area (Å²) in [7, 11) is 0. The highest BCUT2D eigenvalue weighted by Gasteiger charge is 2.78. The summed E-state index contributed by atoms with van der Waals surface area (Å²) in [5.74, 6) is 5.65. The van der Waals surface area contributed by atoms with Gasteiger partial charge < -0.3 is 4.74 Å². The normalized spacial score (nSPS) is 46.5. The maximum Gasteiger partial charge on any atom is 0.221 e. The Morgan fingerprint density at radius 2 is 0.859 bits per heavy atom. The van der Waals surface area contributed by atoms with Crippen LogP contribution in [0.2, 0.25) is 23.3 Å². The lowest BCUT2D eigenvalue weighted by atomic mass is 9.16. The number of piperazine rings is 4. The minimum absolute atomic E-state index is 0.271. The number of hydrogen-bond donors (Lipinski definition) is 0. The van der Waals surface area contributed by atoms with Gasteiger partial charge in [-0.25, -0.2) is 0 Å². The molecule has 14 aliphatic rings. The van der Waals surface area contributed by atoms with E-state index in [1.54, 1.807) is 16.6 Å². The van der Waals surface area contributed by atoms with Gasteiger partial charge in [0.25, 0.3) is 0 Å². The average molecular weight is 956 g/mol.